The molecule has 0 radical (unpaired) electrons. The van der Waals surface area contributed by atoms with E-state index in [1.54, 1.807) is 6.07 Å². The second-order valence-electron chi connectivity index (χ2n) is 10.4. The highest BCUT2D eigenvalue weighted by Gasteiger charge is 2.79. The SMILES string of the molecule is CCCCO[C@@]12CCC(=O)C3(Cc4ccccc4)Oc4c(O)ccc5c4[C@@]31CCN(C)[C@@H]2C5.Cl. The highest BCUT2D eigenvalue weighted by molar-refractivity contribution is 5.94. The van der Waals surface area contributed by atoms with Crippen LogP contribution >= 0.6 is 12.4 Å². The number of benzene rings is 2. The molecule has 6 rings (SSSR count). The van der Waals surface area contributed by atoms with Gasteiger partial charge in [-0.25, -0.2) is 0 Å². The molecule has 4 aliphatic rings. The van der Waals surface area contributed by atoms with Gasteiger partial charge in [0.25, 0.3) is 0 Å². The maximum atomic E-state index is 14.0. The van der Waals surface area contributed by atoms with Crippen molar-refractivity contribution in [2.45, 2.75) is 74.5 Å². The average molecular weight is 484 g/mol. The lowest BCUT2D eigenvalue weighted by Crippen LogP contribution is -2.81. The standard InChI is InChI=1S/C28H33NO4.ClH/c1-3-4-16-32-27-13-12-23(31)28(18-19-8-6-5-7-9-19)26(27)14-15-29(2)22(27)17-20-10-11-21(30)25(33-28)24(20)26;/h5-11,22,30H,3-4,12-18H2,1-2H3;1H/t22-,26-,27-,28?;/m1./s1. The van der Waals surface area contributed by atoms with Gasteiger partial charge in [0.05, 0.1) is 11.0 Å². The van der Waals surface area contributed by atoms with Gasteiger partial charge in [-0.2, -0.15) is 0 Å². The zero-order valence-corrected chi connectivity index (χ0v) is 20.8. The highest BCUT2D eigenvalue weighted by Crippen LogP contribution is 2.70. The molecule has 2 aromatic carbocycles. The number of nitrogens with zero attached hydrogens (tertiary/aromatic N) is 1. The minimum atomic E-state index is -1.06. The van der Waals surface area contributed by atoms with Gasteiger partial charge in [-0.3, -0.25) is 4.79 Å². The van der Waals surface area contributed by atoms with Gasteiger partial charge in [0.15, 0.2) is 22.9 Å². The van der Waals surface area contributed by atoms with Crippen molar-refractivity contribution in [3.05, 3.63) is 59.2 Å². The van der Waals surface area contributed by atoms with E-state index in [9.17, 15) is 9.90 Å². The largest absolute Gasteiger partial charge is 0.504 e. The van der Waals surface area contributed by atoms with Crippen LogP contribution in [0.15, 0.2) is 42.5 Å². The summed E-state index contributed by atoms with van der Waals surface area (Å²) in [7, 11) is 2.19. The van der Waals surface area contributed by atoms with Gasteiger partial charge in [-0.15, -0.1) is 12.4 Å². The molecule has 2 bridgehead atoms. The number of hydrogen-bond acceptors (Lipinski definition) is 5. The summed E-state index contributed by atoms with van der Waals surface area (Å²) < 4.78 is 13.8. The number of phenolic OH excluding ortho intramolecular Hbond substituents is 1. The molecule has 1 saturated heterocycles. The number of unbranched alkanes of at least 4 members (excludes halogenated alkanes) is 1. The summed E-state index contributed by atoms with van der Waals surface area (Å²) in [5.41, 5.74) is 1.15. The number of carbonyl (C=O) groups is 1. The molecule has 2 fully saturated rings. The number of Topliss-reactive ketones (excluding diaryl/α,β-unsaturated/α-hetero) is 1. The Morgan fingerprint density at radius 1 is 1.18 bits per heavy atom. The van der Waals surface area contributed by atoms with Gasteiger partial charge in [0, 0.05) is 31.1 Å². The number of halogens is 1. The molecule has 34 heavy (non-hydrogen) atoms. The molecule has 182 valence electrons. The summed E-state index contributed by atoms with van der Waals surface area (Å²) in [6.45, 7) is 3.74. The average Bonchev–Trinajstić information content (AvgIpc) is 3.12. The first kappa shape index (κ1) is 23.7. The lowest BCUT2D eigenvalue weighted by molar-refractivity contribution is -0.231. The first-order chi connectivity index (χ1) is 16.0. The van der Waals surface area contributed by atoms with E-state index < -0.39 is 16.6 Å². The van der Waals surface area contributed by atoms with E-state index in [0.29, 0.717) is 31.6 Å². The molecule has 6 heteroatoms. The number of ketones is 1. The van der Waals surface area contributed by atoms with Crippen molar-refractivity contribution >= 4 is 18.2 Å². The maximum Gasteiger partial charge on any atom is 0.183 e. The highest BCUT2D eigenvalue weighted by atomic mass is 35.5. The molecule has 1 N–H and O–H groups in total. The van der Waals surface area contributed by atoms with Gasteiger partial charge >= 0.3 is 0 Å². The number of ether oxygens (including phenoxy) is 2. The minimum absolute atomic E-state index is 0. The second kappa shape index (κ2) is 8.25. The fourth-order valence-electron chi connectivity index (χ4n) is 7.61. The molecule has 1 saturated carbocycles. The third-order valence-corrected chi connectivity index (χ3v) is 8.99. The molecule has 1 unspecified atom stereocenters. The Balaban J connectivity index is 0.00000241. The zero-order valence-electron chi connectivity index (χ0n) is 20.0. The van der Waals surface area contributed by atoms with Crippen molar-refractivity contribution in [3.63, 3.8) is 0 Å². The Morgan fingerprint density at radius 2 is 1.97 bits per heavy atom. The van der Waals surface area contributed by atoms with Crippen molar-refractivity contribution < 1.29 is 19.4 Å². The van der Waals surface area contributed by atoms with Crippen molar-refractivity contribution in [2.75, 3.05) is 20.2 Å². The second-order valence-corrected chi connectivity index (χ2v) is 10.4. The summed E-state index contributed by atoms with van der Waals surface area (Å²) in [6.07, 6.45) is 5.34. The predicted molar refractivity (Wildman–Crippen MR) is 133 cm³/mol. The topological polar surface area (TPSA) is 59.0 Å². The molecule has 2 aliphatic heterocycles. The van der Waals surface area contributed by atoms with E-state index in [-0.39, 0.29) is 30.0 Å². The summed E-state index contributed by atoms with van der Waals surface area (Å²) >= 11 is 0. The van der Waals surface area contributed by atoms with Gasteiger partial charge < -0.3 is 19.5 Å². The first-order valence-corrected chi connectivity index (χ1v) is 12.4. The number of phenols is 1. The van der Waals surface area contributed by atoms with Crippen LogP contribution in [0.1, 0.15) is 55.7 Å². The van der Waals surface area contributed by atoms with Gasteiger partial charge in [-0.1, -0.05) is 49.7 Å². The minimum Gasteiger partial charge on any atom is -0.504 e. The monoisotopic (exact) mass is 483 g/mol. The Labute approximate surface area is 207 Å². The van der Waals surface area contributed by atoms with Crippen molar-refractivity contribution in [1.82, 2.24) is 4.90 Å². The van der Waals surface area contributed by atoms with Crippen LogP contribution in [0.25, 0.3) is 0 Å². The number of likely N-dealkylation sites (N-methyl/N-ethyl adjacent to an activating group) is 1. The molecule has 1 spiro atoms. The predicted octanol–water partition coefficient (Wildman–Crippen LogP) is 4.60. The molecule has 2 heterocycles. The summed E-state index contributed by atoms with van der Waals surface area (Å²) in [6, 6.07) is 14.2. The van der Waals surface area contributed by atoms with Crippen molar-refractivity contribution in [3.8, 4) is 11.5 Å². The normalized spacial score (nSPS) is 33.1. The summed E-state index contributed by atoms with van der Waals surface area (Å²) in [5.74, 6) is 0.801. The van der Waals surface area contributed by atoms with E-state index in [2.05, 4.69) is 31.0 Å². The van der Waals surface area contributed by atoms with Crippen LogP contribution in [0, 0.1) is 0 Å². The van der Waals surface area contributed by atoms with Crippen molar-refractivity contribution in [1.29, 1.82) is 0 Å². The van der Waals surface area contributed by atoms with Crippen LogP contribution < -0.4 is 4.74 Å². The number of carbonyl (C=O) groups excluding carboxylic acids is 1. The van der Waals surface area contributed by atoms with Gasteiger partial charge in [-0.05, 0) is 56.5 Å². The van der Waals surface area contributed by atoms with Crippen LogP contribution in [0.2, 0.25) is 0 Å². The van der Waals surface area contributed by atoms with Gasteiger partial charge in [0.2, 0.25) is 0 Å². The molecule has 0 aromatic heterocycles. The molecule has 5 nitrogen and oxygen atoms in total. The van der Waals surface area contributed by atoms with E-state index in [4.69, 9.17) is 9.47 Å². The van der Waals surface area contributed by atoms with Crippen LogP contribution in [-0.4, -0.2) is 53.2 Å². The number of hydrogen-bond donors (Lipinski definition) is 1. The lowest BCUT2D eigenvalue weighted by atomic mass is 9.44. The Bertz CT molecular complexity index is 1110. The quantitative estimate of drug-likeness (QED) is 0.608. The molecule has 4 atom stereocenters. The summed E-state index contributed by atoms with van der Waals surface area (Å²) in [4.78, 5) is 16.5. The van der Waals surface area contributed by atoms with Crippen LogP contribution in [0.5, 0.6) is 11.5 Å². The first-order valence-electron chi connectivity index (χ1n) is 12.4. The van der Waals surface area contributed by atoms with Crippen LogP contribution in [-0.2, 0) is 27.8 Å². The fourth-order valence-corrected chi connectivity index (χ4v) is 7.61. The molecular weight excluding hydrogens is 450 g/mol. The fraction of sp³-hybridized carbons (Fsp3) is 0.536. The lowest BCUT2D eigenvalue weighted by Gasteiger charge is -2.67. The van der Waals surface area contributed by atoms with E-state index in [1.165, 1.54) is 5.56 Å². The maximum absolute atomic E-state index is 14.0. The smallest absolute Gasteiger partial charge is 0.183 e. The third-order valence-electron chi connectivity index (χ3n) is 8.99. The van der Waals surface area contributed by atoms with Crippen LogP contribution in [0.3, 0.4) is 0 Å². The zero-order chi connectivity index (χ0) is 22.8. The number of aromatic hydroxyl groups is 1. The third kappa shape index (κ3) is 2.78. The summed E-state index contributed by atoms with van der Waals surface area (Å²) in [5, 5.41) is 10.9. The Kier molecular flexibility index (Phi) is 5.74. The molecular formula is C28H34ClNO4. The van der Waals surface area contributed by atoms with E-state index in [0.717, 1.165) is 43.4 Å². The van der Waals surface area contributed by atoms with E-state index >= 15 is 0 Å². The van der Waals surface area contributed by atoms with E-state index in [1.807, 2.05) is 24.3 Å². The van der Waals surface area contributed by atoms with Crippen molar-refractivity contribution in [2.24, 2.45) is 0 Å². The van der Waals surface area contributed by atoms with Gasteiger partial charge in [0.1, 0.15) is 0 Å². The molecule has 0 amide bonds. The molecule has 2 aliphatic carbocycles. The number of piperidine rings is 1. The number of rotatable bonds is 6. The Hall–Kier alpha value is -2.08. The van der Waals surface area contributed by atoms with Crippen LogP contribution in [0.4, 0.5) is 0 Å². The molecule has 2 aromatic rings. The number of likely N-dealkylation sites (tertiary alicyclic amines) is 1. The Morgan fingerprint density at radius 3 is 2.74 bits per heavy atom.